The van der Waals surface area contributed by atoms with E-state index < -0.39 is 5.79 Å². The zero-order valence-corrected chi connectivity index (χ0v) is 20.3. The molecule has 0 bridgehead atoms. The molecule has 0 amide bonds. The first-order chi connectivity index (χ1) is 15.1. The molecule has 13 atom stereocenters. The minimum atomic E-state index is -1.02. The number of fused-ring (bicyclic) bond motifs is 7. The molecule has 1 spiro atoms. The Morgan fingerprint density at radius 1 is 0.938 bits per heavy atom. The molecule has 0 aromatic rings. The molecule has 0 radical (unpaired) electrons. The van der Waals surface area contributed by atoms with Crippen LogP contribution in [-0.2, 0) is 14.3 Å². The quantitative estimate of drug-likeness (QED) is 0.589. The summed E-state index contributed by atoms with van der Waals surface area (Å²) in [7, 11) is 0. The van der Waals surface area contributed by atoms with E-state index >= 15 is 0 Å². The molecule has 2 heterocycles. The van der Waals surface area contributed by atoms with Gasteiger partial charge in [0.25, 0.3) is 0 Å². The molecule has 3 unspecified atom stereocenters. The minimum Gasteiger partial charge on any atom is -0.393 e. The van der Waals surface area contributed by atoms with Crippen LogP contribution in [0, 0.1) is 52.3 Å². The van der Waals surface area contributed by atoms with E-state index in [1.54, 1.807) is 0 Å². The summed E-state index contributed by atoms with van der Waals surface area (Å²) in [6.07, 6.45) is 6.99. The lowest BCUT2D eigenvalue weighted by molar-refractivity contribution is -0.253. The molecule has 6 aliphatic rings. The Bertz CT molecular complexity index is 799. The fraction of sp³-hybridized carbons (Fsp3) is 0.963. The van der Waals surface area contributed by atoms with Gasteiger partial charge in [0, 0.05) is 12.3 Å². The summed E-state index contributed by atoms with van der Waals surface area (Å²) in [5, 5.41) is 21.5. The van der Waals surface area contributed by atoms with Crippen LogP contribution in [0.4, 0.5) is 0 Å². The molecule has 32 heavy (non-hydrogen) atoms. The predicted molar refractivity (Wildman–Crippen MR) is 120 cm³/mol. The zero-order chi connectivity index (χ0) is 22.6. The molecule has 2 aliphatic heterocycles. The summed E-state index contributed by atoms with van der Waals surface area (Å²) < 4.78 is 12.8. The Labute approximate surface area is 192 Å². The van der Waals surface area contributed by atoms with Gasteiger partial charge in [-0.15, -0.1) is 0 Å². The Balaban J connectivity index is 1.29. The van der Waals surface area contributed by atoms with Crippen molar-refractivity contribution < 1.29 is 24.5 Å². The number of carbonyl (C=O) groups excluding carboxylic acids is 1. The molecule has 0 aromatic heterocycles. The van der Waals surface area contributed by atoms with Crippen molar-refractivity contribution in [1.82, 2.24) is 0 Å². The van der Waals surface area contributed by atoms with E-state index in [0.717, 1.165) is 32.1 Å². The molecule has 2 saturated heterocycles. The number of aliphatic hydroxyl groups is 2. The van der Waals surface area contributed by atoms with Crippen LogP contribution in [0.25, 0.3) is 0 Å². The minimum absolute atomic E-state index is 0.0840. The summed E-state index contributed by atoms with van der Waals surface area (Å²) in [5.41, 5.74) is 0.269. The maximum Gasteiger partial charge on any atom is 0.232 e. The maximum absolute atomic E-state index is 13.1. The van der Waals surface area contributed by atoms with E-state index in [2.05, 4.69) is 27.7 Å². The smallest absolute Gasteiger partial charge is 0.232 e. The highest BCUT2D eigenvalue weighted by Gasteiger charge is 2.71. The predicted octanol–water partition coefficient (Wildman–Crippen LogP) is 3.94. The van der Waals surface area contributed by atoms with Crippen molar-refractivity contribution in [3.05, 3.63) is 0 Å². The lowest BCUT2D eigenvalue weighted by Gasteiger charge is -2.62. The second-order valence-corrected chi connectivity index (χ2v) is 13.2. The molecule has 5 nitrogen and oxygen atoms in total. The van der Waals surface area contributed by atoms with Gasteiger partial charge in [0.2, 0.25) is 5.79 Å². The first kappa shape index (κ1) is 22.0. The number of Topliss-reactive ketones (excluding diaryl/α,β-unsaturated/α-hetero) is 1. The Morgan fingerprint density at radius 3 is 2.44 bits per heavy atom. The molecule has 6 fully saturated rings. The van der Waals surface area contributed by atoms with E-state index in [1.807, 2.05) is 0 Å². The Hall–Kier alpha value is -0.490. The molecule has 4 aliphatic carbocycles. The summed E-state index contributed by atoms with van der Waals surface area (Å²) in [5.74, 6) is 1.74. The van der Waals surface area contributed by atoms with Gasteiger partial charge in [-0.25, -0.2) is 0 Å². The van der Waals surface area contributed by atoms with Gasteiger partial charge < -0.3 is 19.7 Å². The van der Waals surface area contributed by atoms with Gasteiger partial charge >= 0.3 is 0 Å². The lowest BCUT2D eigenvalue weighted by atomic mass is 9.43. The number of hydrogen-bond acceptors (Lipinski definition) is 5. The fourth-order valence-corrected chi connectivity index (χ4v) is 10.2. The van der Waals surface area contributed by atoms with Gasteiger partial charge in [-0.3, -0.25) is 4.79 Å². The second-order valence-electron chi connectivity index (χ2n) is 13.2. The van der Waals surface area contributed by atoms with Crippen LogP contribution >= 0.6 is 0 Å². The number of rotatable bonds is 0. The van der Waals surface area contributed by atoms with Crippen LogP contribution in [0.3, 0.4) is 0 Å². The van der Waals surface area contributed by atoms with Gasteiger partial charge in [0.1, 0.15) is 0 Å². The number of ketones is 1. The van der Waals surface area contributed by atoms with E-state index in [1.165, 1.54) is 12.8 Å². The van der Waals surface area contributed by atoms with E-state index in [0.29, 0.717) is 36.7 Å². The number of aliphatic hydroxyl groups excluding tert-OH is 2. The van der Waals surface area contributed by atoms with Crippen LogP contribution < -0.4 is 0 Å². The van der Waals surface area contributed by atoms with E-state index in [4.69, 9.17) is 9.47 Å². The number of hydrogen-bond donors (Lipinski definition) is 2. The van der Waals surface area contributed by atoms with Gasteiger partial charge in [-0.1, -0.05) is 27.7 Å². The summed E-state index contributed by atoms with van der Waals surface area (Å²) in [6.45, 7) is 9.76. The summed E-state index contributed by atoms with van der Waals surface area (Å²) in [6, 6.07) is 0. The monoisotopic (exact) mass is 446 g/mol. The third kappa shape index (κ3) is 2.69. The molecule has 0 aromatic carbocycles. The van der Waals surface area contributed by atoms with Crippen LogP contribution in [0.2, 0.25) is 0 Å². The molecular weight excluding hydrogens is 404 g/mol. The molecular formula is C27H42O5. The van der Waals surface area contributed by atoms with Crippen LogP contribution in [0.1, 0.15) is 79.1 Å². The number of carbonyl (C=O) groups is 1. The molecule has 4 saturated carbocycles. The fourth-order valence-electron chi connectivity index (χ4n) is 10.2. The van der Waals surface area contributed by atoms with Crippen molar-refractivity contribution in [1.29, 1.82) is 0 Å². The first-order valence-corrected chi connectivity index (χ1v) is 13.3. The highest BCUT2D eigenvalue weighted by Crippen LogP contribution is 2.71. The zero-order valence-electron chi connectivity index (χ0n) is 20.3. The van der Waals surface area contributed by atoms with Crippen LogP contribution in [-0.4, -0.2) is 46.7 Å². The van der Waals surface area contributed by atoms with Crippen molar-refractivity contribution in [2.45, 2.75) is 103 Å². The largest absolute Gasteiger partial charge is 0.393 e. The highest BCUT2D eigenvalue weighted by molar-refractivity contribution is 5.87. The van der Waals surface area contributed by atoms with Gasteiger partial charge in [0.15, 0.2) is 5.78 Å². The average Bonchev–Trinajstić information content (AvgIpc) is 3.18. The second kappa shape index (κ2) is 7.02. The van der Waals surface area contributed by atoms with Crippen molar-refractivity contribution in [2.24, 2.45) is 52.3 Å². The maximum atomic E-state index is 13.1. The molecule has 6 rings (SSSR count). The highest BCUT2D eigenvalue weighted by atomic mass is 16.7. The van der Waals surface area contributed by atoms with Crippen LogP contribution in [0.15, 0.2) is 0 Å². The topological polar surface area (TPSA) is 76.0 Å². The normalized spacial score (nSPS) is 61.8. The Kier molecular flexibility index (Phi) is 4.83. The van der Waals surface area contributed by atoms with Crippen molar-refractivity contribution >= 4 is 5.78 Å². The third-order valence-corrected chi connectivity index (χ3v) is 11.7. The lowest BCUT2D eigenvalue weighted by Crippen LogP contribution is -2.59. The van der Waals surface area contributed by atoms with Gasteiger partial charge in [-0.05, 0) is 91.3 Å². The van der Waals surface area contributed by atoms with E-state index in [-0.39, 0.29) is 52.7 Å². The van der Waals surface area contributed by atoms with Crippen molar-refractivity contribution in [2.75, 3.05) is 6.61 Å². The standard InChI is InChI=1S/C27H42O5/c1-14-9-23(30)27(31-13-14)15(2)24-22(32-27)12-19-17-11-21(29)20-10-16(28)5-7-25(20,3)18(17)6-8-26(19,24)4/h14-22,24,28-29H,5-13H2,1-4H3/t14-,15?,16-,17+,18-,19-,20+,21+,22?,24?,25+,26-,27-/m0/s1. The van der Waals surface area contributed by atoms with Gasteiger partial charge in [0.05, 0.1) is 24.9 Å². The molecule has 2 N–H and O–H groups in total. The average molecular weight is 447 g/mol. The molecule has 5 heteroatoms. The Morgan fingerprint density at radius 2 is 1.69 bits per heavy atom. The van der Waals surface area contributed by atoms with Crippen LogP contribution in [0.5, 0.6) is 0 Å². The first-order valence-electron chi connectivity index (χ1n) is 13.3. The number of ether oxygens (including phenoxy) is 2. The third-order valence-electron chi connectivity index (χ3n) is 11.7. The summed E-state index contributed by atoms with van der Waals surface area (Å²) in [4.78, 5) is 13.1. The van der Waals surface area contributed by atoms with E-state index in [9.17, 15) is 15.0 Å². The van der Waals surface area contributed by atoms with Gasteiger partial charge in [-0.2, -0.15) is 0 Å². The van der Waals surface area contributed by atoms with Crippen molar-refractivity contribution in [3.63, 3.8) is 0 Å². The summed E-state index contributed by atoms with van der Waals surface area (Å²) >= 11 is 0. The van der Waals surface area contributed by atoms with Crippen molar-refractivity contribution in [3.8, 4) is 0 Å². The SMILES string of the molecule is CC1C2C(C[C@H]3[C@@H]4C[C@@H](O)[C@H]5C[C@@H](O)CC[C@]5(C)[C@H]4CC[C@]23C)O[C@@]12OC[C@@H](C)CC2=O. The molecule has 180 valence electrons.